The summed E-state index contributed by atoms with van der Waals surface area (Å²) in [4.78, 5) is 31.1. The number of fused-ring (bicyclic) bond motifs is 2. The van der Waals surface area contributed by atoms with Crippen molar-refractivity contribution in [2.24, 2.45) is 0 Å². The van der Waals surface area contributed by atoms with E-state index in [4.69, 9.17) is 15.1 Å². The van der Waals surface area contributed by atoms with E-state index in [1.54, 1.807) is 6.20 Å². The Morgan fingerprint density at radius 1 is 1.26 bits per heavy atom. The fourth-order valence-electron chi connectivity index (χ4n) is 4.80. The number of ether oxygens (including phenoxy) is 1. The molecule has 0 spiro atoms. The third-order valence-electron chi connectivity index (χ3n) is 6.45. The Hall–Kier alpha value is -3.00. The molecule has 1 atom stereocenters. The van der Waals surface area contributed by atoms with Crippen LogP contribution in [0.5, 0.6) is 0 Å². The summed E-state index contributed by atoms with van der Waals surface area (Å²) in [5.74, 6) is -0.345. The van der Waals surface area contributed by atoms with Crippen molar-refractivity contribution in [3.05, 3.63) is 51.4 Å². The van der Waals surface area contributed by atoms with E-state index >= 15 is 0 Å². The van der Waals surface area contributed by atoms with Crippen LogP contribution in [0.3, 0.4) is 0 Å². The average Bonchev–Trinajstić information content (AvgIpc) is 3.47. The van der Waals surface area contributed by atoms with Gasteiger partial charge in [-0.3, -0.25) is 19.4 Å². The van der Waals surface area contributed by atoms with Crippen LogP contribution in [0.4, 0.5) is 0 Å². The number of carbonyl (C=O) groups excluding carboxylic acids is 1. The van der Waals surface area contributed by atoms with E-state index in [-0.39, 0.29) is 34.7 Å². The number of nitrogens with one attached hydrogen (secondary N) is 2. The van der Waals surface area contributed by atoms with Crippen LogP contribution in [0.1, 0.15) is 60.5 Å². The predicted molar refractivity (Wildman–Crippen MR) is 116 cm³/mol. The fourth-order valence-corrected chi connectivity index (χ4v) is 4.80. The molecule has 2 fully saturated rings. The molecular weight excluding hydrogens is 394 g/mol. The molecule has 8 nitrogen and oxygen atoms in total. The first kappa shape index (κ1) is 19.9. The largest absolute Gasteiger partial charge is 0.376 e. The number of aromatic nitrogens is 3. The first-order valence-electron chi connectivity index (χ1n) is 11.1. The lowest BCUT2D eigenvalue weighted by molar-refractivity contribution is 0.0855. The molecule has 1 saturated heterocycles. The molecule has 3 aromatic rings. The van der Waals surface area contributed by atoms with Gasteiger partial charge in [0.2, 0.25) is 0 Å². The second-order valence-corrected chi connectivity index (χ2v) is 8.65. The van der Waals surface area contributed by atoms with Crippen LogP contribution in [-0.2, 0) is 4.74 Å². The zero-order valence-electron chi connectivity index (χ0n) is 17.7. The number of aryl methyl sites for hydroxylation is 1. The van der Waals surface area contributed by atoms with Crippen LogP contribution >= 0.6 is 0 Å². The first-order chi connectivity index (χ1) is 15.0. The zero-order valence-corrected chi connectivity index (χ0v) is 17.7. The highest BCUT2D eigenvalue weighted by molar-refractivity contribution is 5.96. The summed E-state index contributed by atoms with van der Waals surface area (Å²) in [5, 5.41) is 12.1. The van der Waals surface area contributed by atoms with Crippen LogP contribution < -0.4 is 16.4 Å². The van der Waals surface area contributed by atoms with Gasteiger partial charge >= 0.3 is 0 Å². The van der Waals surface area contributed by atoms with Crippen molar-refractivity contribution in [1.29, 1.82) is 5.41 Å². The molecular formula is C23H27N5O3. The van der Waals surface area contributed by atoms with Gasteiger partial charge in [-0.2, -0.15) is 0 Å². The van der Waals surface area contributed by atoms with Gasteiger partial charge in [0.05, 0.1) is 17.1 Å². The van der Waals surface area contributed by atoms with Gasteiger partial charge in [-0.05, 0) is 50.3 Å². The maximum atomic E-state index is 13.4. The van der Waals surface area contributed by atoms with Gasteiger partial charge in [-0.25, -0.2) is 4.98 Å². The molecule has 162 valence electrons. The Bertz CT molecular complexity index is 1280. The molecule has 3 aromatic heterocycles. The molecule has 1 amide bonds. The van der Waals surface area contributed by atoms with Crippen molar-refractivity contribution in [3.8, 4) is 0 Å². The molecule has 0 radical (unpaired) electrons. The Kier molecular flexibility index (Phi) is 5.09. The Morgan fingerprint density at radius 2 is 2.06 bits per heavy atom. The molecule has 1 saturated carbocycles. The molecule has 0 aromatic carbocycles. The number of hydrogen-bond donors (Lipinski definition) is 2. The number of nitrogens with zero attached hydrogens (tertiary/aromatic N) is 3. The molecule has 0 bridgehead atoms. The standard InChI is InChI=1S/C23H27N5O3/c1-14-8-9-19-26-21-18(23(30)27(19)13-14)11-17(20(24)28(21)15-5-2-3-6-15)22(29)25-12-16-7-4-10-31-16/h8-9,11,13,15-16,24H,2-7,10,12H2,1H3,(H,25,29)/t16-/m0/s1. The first-order valence-corrected chi connectivity index (χ1v) is 11.1. The molecule has 2 N–H and O–H groups in total. The van der Waals surface area contributed by atoms with Crippen LogP contribution in [0.2, 0.25) is 0 Å². The molecule has 8 heteroatoms. The molecule has 31 heavy (non-hydrogen) atoms. The second kappa shape index (κ2) is 7.92. The number of hydrogen-bond acceptors (Lipinski definition) is 5. The summed E-state index contributed by atoms with van der Waals surface area (Å²) in [6, 6.07) is 5.35. The lowest BCUT2D eigenvalue weighted by Crippen LogP contribution is -2.38. The zero-order chi connectivity index (χ0) is 21.5. The molecule has 5 rings (SSSR count). The Balaban J connectivity index is 1.68. The molecule has 2 aliphatic rings. The SMILES string of the molecule is Cc1ccc2nc3c(cc(C(=O)NC[C@@H]4CCCO4)c(=N)n3C3CCCC3)c(=O)n2c1. The summed E-state index contributed by atoms with van der Waals surface area (Å²) in [6.45, 7) is 3.05. The van der Waals surface area contributed by atoms with Gasteiger partial charge < -0.3 is 14.6 Å². The lowest BCUT2D eigenvalue weighted by Gasteiger charge is -2.20. The van der Waals surface area contributed by atoms with Gasteiger partial charge in [0.15, 0.2) is 0 Å². The van der Waals surface area contributed by atoms with E-state index in [0.29, 0.717) is 23.2 Å². The van der Waals surface area contributed by atoms with Gasteiger partial charge in [0, 0.05) is 25.4 Å². The van der Waals surface area contributed by atoms with Gasteiger partial charge in [0.25, 0.3) is 11.5 Å². The third-order valence-corrected chi connectivity index (χ3v) is 6.45. The van der Waals surface area contributed by atoms with Crippen molar-refractivity contribution < 1.29 is 9.53 Å². The monoisotopic (exact) mass is 421 g/mol. The highest BCUT2D eigenvalue weighted by Crippen LogP contribution is 2.30. The Labute approximate surface area is 179 Å². The van der Waals surface area contributed by atoms with E-state index < -0.39 is 0 Å². The van der Waals surface area contributed by atoms with E-state index in [1.165, 1.54) is 10.5 Å². The van der Waals surface area contributed by atoms with Crippen molar-refractivity contribution in [2.45, 2.75) is 57.6 Å². The molecule has 0 unspecified atom stereocenters. The predicted octanol–water partition coefficient (Wildman–Crippen LogP) is 2.46. The fraction of sp³-hybridized carbons (Fsp3) is 0.478. The topological polar surface area (TPSA) is 101 Å². The number of carbonyl (C=O) groups is 1. The van der Waals surface area contributed by atoms with E-state index in [9.17, 15) is 9.59 Å². The van der Waals surface area contributed by atoms with Crippen molar-refractivity contribution in [1.82, 2.24) is 19.3 Å². The normalized spacial score (nSPS) is 19.5. The van der Waals surface area contributed by atoms with E-state index in [1.807, 2.05) is 23.6 Å². The second-order valence-electron chi connectivity index (χ2n) is 8.65. The van der Waals surface area contributed by atoms with Crippen LogP contribution in [0.15, 0.2) is 29.2 Å². The summed E-state index contributed by atoms with van der Waals surface area (Å²) in [7, 11) is 0. The van der Waals surface area contributed by atoms with Crippen molar-refractivity contribution in [3.63, 3.8) is 0 Å². The number of rotatable bonds is 4. The van der Waals surface area contributed by atoms with Crippen LogP contribution in [0.25, 0.3) is 16.7 Å². The highest BCUT2D eigenvalue weighted by Gasteiger charge is 2.25. The molecule has 1 aliphatic carbocycles. The average molecular weight is 422 g/mol. The van der Waals surface area contributed by atoms with Gasteiger partial charge in [-0.15, -0.1) is 0 Å². The summed E-state index contributed by atoms with van der Waals surface area (Å²) in [6.07, 6.45) is 7.67. The minimum absolute atomic E-state index is 0.0137. The van der Waals surface area contributed by atoms with Gasteiger partial charge in [0.1, 0.15) is 16.8 Å². The minimum Gasteiger partial charge on any atom is -0.376 e. The Morgan fingerprint density at radius 3 is 2.81 bits per heavy atom. The summed E-state index contributed by atoms with van der Waals surface area (Å²) in [5.41, 5.74) is 2.09. The maximum Gasteiger partial charge on any atom is 0.267 e. The minimum atomic E-state index is -0.345. The van der Waals surface area contributed by atoms with Crippen molar-refractivity contribution in [2.75, 3.05) is 13.2 Å². The maximum absolute atomic E-state index is 13.4. The van der Waals surface area contributed by atoms with E-state index in [2.05, 4.69) is 5.32 Å². The smallest absolute Gasteiger partial charge is 0.267 e. The van der Waals surface area contributed by atoms with Crippen LogP contribution in [-0.4, -0.2) is 39.1 Å². The highest BCUT2D eigenvalue weighted by atomic mass is 16.5. The number of pyridine rings is 2. The third kappa shape index (κ3) is 3.54. The summed E-state index contributed by atoms with van der Waals surface area (Å²) < 4.78 is 8.93. The number of amides is 1. The van der Waals surface area contributed by atoms with Crippen LogP contribution in [0, 0.1) is 12.3 Å². The van der Waals surface area contributed by atoms with Crippen molar-refractivity contribution >= 4 is 22.6 Å². The molecule has 4 heterocycles. The van der Waals surface area contributed by atoms with Gasteiger partial charge in [-0.1, -0.05) is 18.9 Å². The summed E-state index contributed by atoms with van der Waals surface area (Å²) >= 11 is 0. The molecule has 1 aliphatic heterocycles. The van der Waals surface area contributed by atoms with E-state index in [0.717, 1.165) is 50.7 Å². The lowest BCUT2D eigenvalue weighted by atomic mass is 10.1. The quantitative estimate of drug-likeness (QED) is 0.632.